The number of anilines is 2. The lowest BCUT2D eigenvalue weighted by atomic mass is 10.1. The second-order valence-electron chi connectivity index (χ2n) is 3.60. The van der Waals surface area contributed by atoms with Crippen molar-refractivity contribution in [3.05, 3.63) is 44.5 Å². The van der Waals surface area contributed by atoms with Crippen molar-refractivity contribution in [3.8, 4) is 0 Å². The fourth-order valence-electron chi connectivity index (χ4n) is 1.50. The predicted molar refractivity (Wildman–Crippen MR) is 70.1 cm³/mol. The van der Waals surface area contributed by atoms with Gasteiger partial charge in [0.2, 0.25) is 0 Å². The van der Waals surface area contributed by atoms with Gasteiger partial charge in [-0.2, -0.15) is 0 Å². The number of carboxylic acids is 1. The molecule has 0 bridgehead atoms. The van der Waals surface area contributed by atoms with Crippen molar-refractivity contribution in [2.24, 2.45) is 0 Å². The summed E-state index contributed by atoms with van der Waals surface area (Å²) in [5.74, 6) is -1.07. The Labute approximate surface area is 106 Å². The van der Waals surface area contributed by atoms with Gasteiger partial charge in [0.05, 0.1) is 23.5 Å². The lowest BCUT2D eigenvalue weighted by molar-refractivity contribution is 0.0698. The van der Waals surface area contributed by atoms with Gasteiger partial charge in [-0.25, -0.2) is 4.79 Å². The van der Waals surface area contributed by atoms with Crippen LogP contribution in [0.2, 0.25) is 0 Å². The zero-order chi connectivity index (χ0) is 13.1. The summed E-state index contributed by atoms with van der Waals surface area (Å²) in [6, 6.07) is 4.74. The van der Waals surface area contributed by atoms with Gasteiger partial charge in [0, 0.05) is 11.1 Å². The number of benzene rings is 1. The monoisotopic (exact) mass is 265 g/mol. The molecule has 5 N–H and O–H groups in total. The van der Waals surface area contributed by atoms with Crippen LogP contribution < -0.4 is 15.9 Å². The minimum Gasteiger partial charge on any atom is -0.478 e. The summed E-state index contributed by atoms with van der Waals surface area (Å²) < 4.78 is 0. The molecule has 7 heteroatoms. The first-order valence-corrected chi connectivity index (χ1v) is 5.98. The molecule has 0 saturated heterocycles. The highest BCUT2D eigenvalue weighted by atomic mass is 32.1. The zero-order valence-electron chi connectivity index (χ0n) is 9.27. The molecule has 1 aromatic carbocycles. The van der Waals surface area contributed by atoms with Crippen LogP contribution in [0.1, 0.15) is 16.1 Å². The number of carbonyl (C=O) groups is 1. The third-order valence-corrected chi connectivity index (χ3v) is 3.10. The van der Waals surface area contributed by atoms with Gasteiger partial charge in [-0.3, -0.25) is 4.79 Å². The lowest BCUT2D eigenvalue weighted by Gasteiger charge is -2.10. The van der Waals surface area contributed by atoms with Crippen LogP contribution in [0.5, 0.6) is 0 Å². The average Bonchev–Trinajstić information content (AvgIpc) is 2.73. The number of nitrogens with one attached hydrogen (secondary N) is 2. The number of hydrogen-bond donors (Lipinski definition) is 4. The Kier molecular flexibility index (Phi) is 3.33. The molecule has 0 fully saturated rings. The number of H-pyrrole nitrogens is 1. The van der Waals surface area contributed by atoms with E-state index in [9.17, 15) is 9.59 Å². The van der Waals surface area contributed by atoms with Crippen LogP contribution in [0, 0.1) is 0 Å². The summed E-state index contributed by atoms with van der Waals surface area (Å²) in [5, 5.41) is 13.6. The normalized spacial score (nSPS) is 10.2. The molecule has 0 saturated carbocycles. The molecule has 2 rings (SSSR count). The van der Waals surface area contributed by atoms with Crippen molar-refractivity contribution in [3.63, 3.8) is 0 Å². The van der Waals surface area contributed by atoms with Crippen molar-refractivity contribution in [2.45, 2.75) is 6.54 Å². The molecule has 2 aromatic rings. The van der Waals surface area contributed by atoms with Crippen LogP contribution in [-0.4, -0.2) is 16.1 Å². The summed E-state index contributed by atoms with van der Waals surface area (Å²) in [5.41, 5.74) is 7.23. The van der Waals surface area contributed by atoms with Crippen LogP contribution >= 0.6 is 11.3 Å². The van der Waals surface area contributed by atoms with E-state index in [0.29, 0.717) is 12.2 Å². The van der Waals surface area contributed by atoms with E-state index in [4.69, 9.17) is 10.8 Å². The first-order valence-electron chi connectivity index (χ1n) is 5.10. The number of rotatable bonds is 4. The highest BCUT2D eigenvalue weighted by molar-refractivity contribution is 7.07. The van der Waals surface area contributed by atoms with Gasteiger partial charge in [0.15, 0.2) is 0 Å². The molecular formula is C11H11N3O3S. The molecule has 6 nitrogen and oxygen atoms in total. The van der Waals surface area contributed by atoms with Gasteiger partial charge in [0.1, 0.15) is 0 Å². The van der Waals surface area contributed by atoms with Crippen LogP contribution in [0.4, 0.5) is 11.4 Å². The standard InChI is InChI=1S/C11H11N3O3S/c12-9-7(10(15)16)2-1-3-8(9)13-4-6-5-18-11(17)14-6/h1-3,5,13H,4,12H2,(H,14,17)(H,15,16). The average molecular weight is 265 g/mol. The van der Waals surface area contributed by atoms with E-state index >= 15 is 0 Å². The van der Waals surface area contributed by atoms with Gasteiger partial charge < -0.3 is 21.1 Å². The zero-order valence-corrected chi connectivity index (χ0v) is 10.1. The highest BCUT2D eigenvalue weighted by Gasteiger charge is 2.10. The lowest BCUT2D eigenvalue weighted by Crippen LogP contribution is -2.08. The van der Waals surface area contributed by atoms with E-state index in [-0.39, 0.29) is 16.1 Å². The summed E-state index contributed by atoms with van der Waals surface area (Å²) in [6.45, 7) is 0.381. The maximum Gasteiger partial charge on any atom is 0.337 e. The number of hydrogen-bond acceptors (Lipinski definition) is 5. The largest absolute Gasteiger partial charge is 0.478 e. The molecule has 0 amide bonds. The summed E-state index contributed by atoms with van der Waals surface area (Å²) in [7, 11) is 0. The van der Waals surface area contributed by atoms with E-state index in [1.165, 1.54) is 6.07 Å². The van der Waals surface area contributed by atoms with Gasteiger partial charge in [-0.15, -0.1) is 0 Å². The fourth-order valence-corrected chi connectivity index (χ4v) is 2.08. The molecule has 1 aromatic heterocycles. The maximum absolute atomic E-state index is 10.9. The second kappa shape index (κ2) is 4.92. The van der Waals surface area contributed by atoms with Crippen LogP contribution in [0.3, 0.4) is 0 Å². The number of carboxylic acid groups (broad SMARTS) is 1. The Hall–Kier alpha value is -2.28. The van der Waals surface area contributed by atoms with Crippen molar-refractivity contribution in [1.82, 2.24) is 4.98 Å². The molecule has 18 heavy (non-hydrogen) atoms. The predicted octanol–water partition coefficient (Wildman–Crippen LogP) is 1.33. The molecule has 0 aliphatic carbocycles. The molecule has 0 atom stereocenters. The van der Waals surface area contributed by atoms with E-state index in [1.54, 1.807) is 17.5 Å². The Morgan fingerprint density at radius 1 is 1.50 bits per heavy atom. The molecule has 0 radical (unpaired) electrons. The van der Waals surface area contributed by atoms with Gasteiger partial charge in [0.25, 0.3) is 0 Å². The third kappa shape index (κ3) is 2.51. The Bertz CT molecular complexity index is 632. The van der Waals surface area contributed by atoms with Crippen molar-refractivity contribution in [1.29, 1.82) is 0 Å². The fraction of sp³-hybridized carbons (Fsp3) is 0.0909. The van der Waals surface area contributed by atoms with Crippen LogP contribution in [0.15, 0.2) is 28.4 Å². The number of aromatic carboxylic acids is 1. The number of nitrogens with two attached hydrogens (primary N) is 1. The topological polar surface area (TPSA) is 108 Å². The number of para-hydroxylation sites is 1. The van der Waals surface area contributed by atoms with E-state index in [1.807, 2.05) is 0 Å². The molecule has 0 aliphatic rings. The molecule has 0 spiro atoms. The number of aromatic nitrogens is 1. The van der Waals surface area contributed by atoms with Crippen molar-refractivity contribution < 1.29 is 9.90 Å². The van der Waals surface area contributed by atoms with Gasteiger partial charge >= 0.3 is 10.8 Å². The van der Waals surface area contributed by atoms with E-state index < -0.39 is 5.97 Å². The smallest absolute Gasteiger partial charge is 0.337 e. The highest BCUT2D eigenvalue weighted by Crippen LogP contribution is 2.23. The van der Waals surface area contributed by atoms with E-state index in [2.05, 4.69) is 10.3 Å². The summed E-state index contributed by atoms with van der Waals surface area (Å²) in [4.78, 5) is 24.4. The maximum atomic E-state index is 10.9. The Morgan fingerprint density at radius 2 is 2.28 bits per heavy atom. The van der Waals surface area contributed by atoms with E-state index in [0.717, 1.165) is 17.0 Å². The second-order valence-corrected chi connectivity index (χ2v) is 4.44. The minimum absolute atomic E-state index is 0.0545. The third-order valence-electron chi connectivity index (χ3n) is 2.38. The van der Waals surface area contributed by atoms with Gasteiger partial charge in [-0.1, -0.05) is 17.4 Å². The molecule has 0 unspecified atom stereocenters. The van der Waals surface area contributed by atoms with Crippen LogP contribution in [-0.2, 0) is 6.54 Å². The van der Waals surface area contributed by atoms with Crippen molar-refractivity contribution in [2.75, 3.05) is 11.1 Å². The molecule has 94 valence electrons. The van der Waals surface area contributed by atoms with Gasteiger partial charge in [-0.05, 0) is 12.1 Å². The van der Waals surface area contributed by atoms with Crippen LogP contribution in [0.25, 0.3) is 0 Å². The summed E-state index contributed by atoms with van der Waals surface area (Å²) >= 11 is 1.08. The Balaban J connectivity index is 2.17. The Morgan fingerprint density at radius 3 is 2.89 bits per heavy atom. The molecular weight excluding hydrogens is 254 g/mol. The number of thiazole rings is 1. The quantitative estimate of drug-likeness (QED) is 0.624. The minimum atomic E-state index is -1.07. The number of nitrogen functional groups attached to an aromatic ring is 1. The summed E-state index contributed by atoms with van der Waals surface area (Å²) in [6.07, 6.45) is 0. The first-order chi connectivity index (χ1) is 8.58. The number of aromatic amines is 1. The molecule has 1 heterocycles. The molecule has 0 aliphatic heterocycles. The SMILES string of the molecule is Nc1c(NCc2csc(=O)[nH]2)cccc1C(=O)O. The van der Waals surface area contributed by atoms with Crippen molar-refractivity contribution >= 4 is 28.7 Å². The first kappa shape index (κ1) is 12.2.